The van der Waals surface area contributed by atoms with Gasteiger partial charge >= 0.3 is 0 Å². The van der Waals surface area contributed by atoms with Gasteiger partial charge in [-0.25, -0.2) is 9.97 Å². The summed E-state index contributed by atoms with van der Waals surface area (Å²) >= 11 is 0. The van der Waals surface area contributed by atoms with Crippen LogP contribution in [0.3, 0.4) is 0 Å². The summed E-state index contributed by atoms with van der Waals surface area (Å²) < 4.78 is 0. The van der Waals surface area contributed by atoms with Crippen LogP contribution in [-0.2, 0) is 6.54 Å². The highest BCUT2D eigenvalue weighted by Gasteiger charge is 2.18. The van der Waals surface area contributed by atoms with E-state index in [1.807, 2.05) is 37.3 Å². The van der Waals surface area contributed by atoms with Crippen molar-refractivity contribution in [1.29, 1.82) is 0 Å². The third-order valence-corrected chi connectivity index (χ3v) is 4.16. The summed E-state index contributed by atoms with van der Waals surface area (Å²) in [5, 5.41) is 2.92. The Balaban J connectivity index is 1.69. The average molecular weight is 325 g/mol. The molecule has 0 atom stereocenters. The number of aryl methyl sites for hydroxylation is 1. The van der Waals surface area contributed by atoms with E-state index in [1.54, 1.807) is 6.07 Å². The van der Waals surface area contributed by atoms with Crippen molar-refractivity contribution in [3.05, 3.63) is 53.3 Å². The lowest BCUT2D eigenvalue weighted by atomic mass is 10.2. The summed E-state index contributed by atoms with van der Waals surface area (Å²) in [7, 11) is 2.11. The zero-order valence-corrected chi connectivity index (χ0v) is 14.2. The highest BCUT2D eigenvalue weighted by atomic mass is 16.1. The van der Waals surface area contributed by atoms with Crippen LogP contribution >= 0.6 is 0 Å². The number of carbonyl (C=O) groups excluding carboxylic acids is 1. The van der Waals surface area contributed by atoms with Gasteiger partial charge in [-0.05, 0) is 25.6 Å². The minimum atomic E-state index is -0.167. The first kappa shape index (κ1) is 16.4. The van der Waals surface area contributed by atoms with E-state index in [0.717, 1.165) is 37.4 Å². The molecule has 0 bridgehead atoms. The van der Waals surface area contributed by atoms with Crippen LogP contribution in [0.25, 0.3) is 0 Å². The maximum atomic E-state index is 12.4. The molecule has 126 valence electrons. The molecule has 24 heavy (non-hydrogen) atoms. The Bertz CT molecular complexity index is 696. The number of rotatable bonds is 4. The first-order chi connectivity index (χ1) is 11.6. The van der Waals surface area contributed by atoms with E-state index in [9.17, 15) is 4.79 Å². The van der Waals surface area contributed by atoms with Crippen LogP contribution in [0.5, 0.6) is 0 Å². The van der Waals surface area contributed by atoms with E-state index >= 15 is 0 Å². The zero-order valence-electron chi connectivity index (χ0n) is 14.2. The fourth-order valence-electron chi connectivity index (χ4n) is 2.69. The van der Waals surface area contributed by atoms with E-state index in [-0.39, 0.29) is 5.91 Å². The Morgan fingerprint density at radius 3 is 2.54 bits per heavy atom. The van der Waals surface area contributed by atoms with E-state index in [0.29, 0.717) is 18.2 Å². The Labute approximate surface area is 142 Å². The summed E-state index contributed by atoms with van der Waals surface area (Å²) in [5.74, 6) is 0.479. The van der Waals surface area contributed by atoms with E-state index in [2.05, 4.69) is 32.1 Å². The fraction of sp³-hybridized carbons (Fsp3) is 0.389. The van der Waals surface area contributed by atoms with Gasteiger partial charge in [0.05, 0.1) is 0 Å². The average Bonchev–Trinajstić information content (AvgIpc) is 2.60. The van der Waals surface area contributed by atoms with Crippen molar-refractivity contribution in [1.82, 2.24) is 20.2 Å². The number of nitrogens with one attached hydrogen (secondary N) is 1. The molecule has 0 spiro atoms. The zero-order chi connectivity index (χ0) is 16.9. The van der Waals surface area contributed by atoms with Crippen molar-refractivity contribution in [2.24, 2.45) is 0 Å². The van der Waals surface area contributed by atoms with Crippen LogP contribution in [0, 0.1) is 6.92 Å². The van der Waals surface area contributed by atoms with Crippen LogP contribution in [0.2, 0.25) is 0 Å². The molecule has 1 aromatic carbocycles. The van der Waals surface area contributed by atoms with Crippen molar-refractivity contribution >= 4 is 11.9 Å². The molecule has 1 aliphatic rings. The number of aromatic nitrogens is 2. The maximum absolute atomic E-state index is 12.4. The van der Waals surface area contributed by atoms with Gasteiger partial charge in [-0.2, -0.15) is 0 Å². The predicted octanol–water partition coefficient (Wildman–Crippen LogP) is 1.47. The van der Waals surface area contributed by atoms with Crippen molar-refractivity contribution < 1.29 is 4.79 Å². The molecule has 6 nitrogen and oxygen atoms in total. The summed E-state index contributed by atoms with van der Waals surface area (Å²) in [6.07, 6.45) is 0. The topological polar surface area (TPSA) is 61.4 Å². The maximum Gasteiger partial charge on any atom is 0.270 e. The number of anilines is 1. The SMILES string of the molecule is Cc1cc(C(=O)NCc2ccccc2)nc(N2CCN(C)CC2)n1. The molecule has 1 N–H and O–H groups in total. The molecule has 2 aromatic rings. The number of piperazine rings is 1. The van der Waals surface area contributed by atoms with Crippen molar-refractivity contribution in [2.45, 2.75) is 13.5 Å². The molecule has 6 heteroatoms. The van der Waals surface area contributed by atoms with E-state index in [1.165, 1.54) is 0 Å². The molecule has 1 amide bonds. The number of hydrogen-bond acceptors (Lipinski definition) is 5. The Hall–Kier alpha value is -2.47. The third-order valence-electron chi connectivity index (χ3n) is 4.16. The second-order valence-corrected chi connectivity index (χ2v) is 6.15. The summed E-state index contributed by atoms with van der Waals surface area (Å²) in [5.41, 5.74) is 2.30. The predicted molar refractivity (Wildman–Crippen MR) is 94.1 cm³/mol. The van der Waals surface area contributed by atoms with Gasteiger partial charge in [0.1, 0.15) is 5.69 Å². The molecular formula is C18H23N5O. The summed E-state index contributed by atoms with van der Waals surface area (Å²) in [6.45, 7) is 6.11. The highest BCUT2D eigenvalue weighted by molar-refractivity contribution is 5.92. The lowest BCUT2D eigenvalue weighted by Gasteiger charge is -2.32. The Kier molecular flexibility index (Phi) is 5.05. The second kappa shape index (κ2) is 7.40. The number of hydrogen-bond donors (Lipinski definition) is 1. The molecule has 1 aromatic heterocycles. The molecule has 1 fully saturated rings. The quantitative estimate of drug-likeness (QED) is 0.922. The van der Waals surface area contributed by atoms with E-state index in [4.69, 9.17) is 0 Å². The smallest absolute Gasteiger partial charge is 0.270 e. The second-order valence-electron chi connectivity index (χ2n) is 6.15. The molecule has 2 heterocycles. The van der Waals surface area contributed by atoms with Crippen LogP contribution < -0.4 is 10.2 Å². The van der Waals surface area contributed by atoms with Crippen LogP contribution in [0.15, 0.2) is 36.4 Å². The van der Waals surface area contributed by atoms with Crippen molar-refractivity contribution in [3.63, 3.8) is 0 Å². The van der Waals surface area contributed by atoms with Crippen LogP contribution in [0.4, 0.5) is 5.95 Å². The van der Waals surface area contributed by atoms with Gasteiger partial charge < -0.3 is 15.1 Å². The van der Waals surface area contributed by atoms with Gasteiger partial charge in [0.25, 0.3) is 5.91 Å². The van der Waals surface area contributed by atoms with Gasteiger partial charge in [0.15, 0.2) is 0 Å². The van der Waals surface area contributed by atoms with Gasteiger partial charge in [-0.3, -0.25) is 4.79 Å². The van der Waals surface area contributed by atoms with Crippen molar-refractivity contribution in [3.8, 4) is 0 Å². The third kappa shape index (κ3) is 4.08. The molecule has 0 saturated carbocycles. The Morgan fingerprint density at radius 1 is 1.12 bits per heavy atom. The largest absolute Gasteiger partial charge is 0.347 e. The molecule has 0 unspecified atom stereocenters. The number of nitrogens with zero attached hydrogens (tertiary/aromatic N) is 4. The molecular weight excluding hydrogens is 302 g/mol. The normalized spacial score (nSPS) is 15.3. The van der Waals surface area contributed by atoms with Gasteiger partial charge in [0.2, 0.25) is 5.95 Å². The number of benzene rings is 1. The van der Waals surface area contributed by atoms with E-state index < -0.39 is 0 Å². The minimum absolute atomic E-state index is 0.167. The molecule has 1 aliphatic heterocycles. The van der Waals surface area contributed by atoms with Gasteiger partial charge in [-0.1, -0.05) is 30.3 Å². The Morgan fingerprint density at radius 2 is 1.83 bits per heavy atom. The first-order valence-electron chi connectivity index (χ1n) is 8.23. The standard InChI is InChI=1S/C18H23N5O/c1-14-12-16(17(24)19-13-15-6-4-3-5-7-15)21-18(20-14)23-10-8-22(2)9-11-23/h3-7,12H,8-11,13H2,1-2H3,(H,19,24). The highest BCUT2D eigenvalue weighted by Crippen LogP contribution is 2.13. The van der Waals surface area contributed by atoms with Crippen molar-refractivity contribution in [2.75, 3.05) is 38.1 Å². The fourth-order valence-corrected chi connectivity index (χ4v) is 2.69. The molecule has 3 rings (SSSR count). The lowest BCUT2D eigenvalue weighted by molar-refractivity contribution is 0.0945. The monoisotopic (exact) mass is 325 g/mol. The number of carbonyl (C=O) groups is 1. The summed E-state index contributed by atoms with van der Waals surface area (Å²) in [6, 6.07) is 11.6. The molecule has 1 saturated heterocycles. The van der Waals surface area contributed by atoms with Gasteiger partial charge in [-0.15, -0.1) is 0 Å². The first-order valence-corrected chi connectivity index (χ1v) is 8.23. The minimum Gasteiger partial charge on any atom is -0.347 e. The number of likely N-dealkylation sites (N-methyl/N-ethyl adjacent to an activating group) is 1. The van der Waals surface area contributed by atoms with Crippen LogP contribution in [-0.4, -0.2) is 54.0 Å². The lowest BCUT2D eigenvalue weighted by Crippen LogP contribution is -2.45. The number of amides is 1. The van der Waals surface area contributed by atoms with Crippen LogP contribution in [0.1, 0.15) is 21.7 Å². The molecule has 0 radical (unpaired) electrons. The van der Waals surface area contributed by atoms with Gasteiger partial charge in [0, 0.05) is 38.4 Å². The summed E-state index contributed by atoms with van der Waals surface area (Å²) in [4.78, 5) is 25.8. The molecule has 0 aliphatic carbocycles.